The molecule has 0 unspecified atom stereocenters. The fraction of sp³-hybridized carbons (Fsp3) is 0.250. The molecule has 16 heavy (non-hydrogen) atoms. The molecular formula is C8H7F3O4S. The van der Waals surface area contributed by atoms with E-state index >= 15 is 0 Å². The van der Waals surface area contributed by atoms with Crippen molar-refractivity contribution < 1.29 is 30.6 Å². The molecule has 0 spiro atoms. The number of halogens is 3. The highest BCUT2D eigenvalue weighted by molar-refractivity contribution is 7.86. The van der Waals surface area contributed by atoms with Crippen LogP contribution in [0.2, 0.25) is 0 Å². The highest BCUT2D eigenvalue weighted by Crippen LogP contribution is 2.31. The lowest BCUT2D eigenvalue weighted by atomic mass is 10.3. The second-order valence-corrected chi connectivity index (χ2v) is 3.98. The molecule has 0 bridgehead atoms. The molecule has 0 radical (unpaired) electrons. The lowest BCUT2D eigenvalue weighted by Crippen LogP contribution is -2.04. The summed E-state index contributed by atoms with van der Waals surface area (Å²) in [5.74, 6) is -0.663. The highest BCUT2D eigenvalue weighted by atomic mass is 32.3. The number of benzene rings is 1. The van der Waals surface area contributed by atoms with Crippen LogP contribution >= 0.6 is 0 Å². The van der Waals surface area contributed by atoms with Crippen molar-refractivity contribution in [3.05, 3.63) is 18.2 Å². The molecule has 1 aromatic rings. The van der Waals surface area contributed by atoms with E-state index in [1.165, 1.54) is 0 Å². The van der Waals surface area contributed by atoms with Gasteiger partial charge in [0.1, 0.15) is 4.90 Å². The van der Waals surface area contributed by atoms with Crippen molar-refractivity contribution in [2.75, 3.05) is 7.11 Å². The Morgan fingerprint density at radius 3 is 2.31 bits per heavy atom. The standard InChI is InChI=1S/C8H7F3O4S/c1-14-7-4-5(16(11,12)13)2-3-6(7)15-8(9)10/h2-4,8H,1H3. The van der Waals surface area contributed by atoms with Crippen molar-refractivity contribution in [3.63, 3.8) is 0 Å². The molecule has 0 N–H and O–H groups in total. The lowest BCUT2D eigenvalue weighted by Gasteiger charge is -2.09. The van der Waals surface area contributed by atoms with Gasteiger partial charge < -0.3 is 9.47 Å². The van der Waals surface area contributed by atoms with Crippen LogP contribution in [0.1, 0.15) is 0 Å². The third-order valence-corrected chi connectivity index (χ3v) is 2.45. The molecule has 0 heterocycles. The average molecular weight is 256 g/mol. The molecule has 1 aromatic carbocycles. The molecule has 0 aliphatic heterocycles. The van der Waals surface area contributed by atoms with Crippen LogP contribution < -0.4 is 9.47 Å². The fourth-order valence-electron chi connectivity index (χ4n) is 0.993. The Morgan fingerprint density at radius 1 is 1.25 bits per heavy atom. The summed E-state index contributed by atoms with van der Waals surface area (Å²) in [7, 11) is -3.79. The van der Waals surface area contributed by atoms with E-state index in [2.05, 4.69) is 9.47 Å². The Morgan fingerprint density at radius 2 is 1.88 bits per heavy atom. The van der Waals surface area contributed by atoms with Gasteiger partial charge in [0.15, 0.2) is 11.5 Å². The lowest BCUT2D eigenvalue weighted by molar-refractivity contribution is -0.0512. The largest absolute Gasteiger partial charge is 0.493 e. The number of hydrogen-bond acceptors (Lipinski definition) is 4. The molecule has 90 valence electrons. The minimum absolute atomic E-state index is 0.293. The summed E-state index contributed by atoms with van der Waals surface area (Å²) in [5, 5.41) is 0. The van der Waals surface area contributed by atoms with Crippen molar-refractivity contribution >= 4 is 10.2 Å². The summed E-state index contributed by atoms with van der Waals surface area (Å²) in [6.07, 6.45) is 0. The normalized spacial score (nSPS) is 11.6. The second-order valence-electron chi connectivity index (χ2n) is 2.63. The van der Waals surface area contributed by atoms with Crippen LogP contribution in [0, 0.1) is 0 Å². The molecule has 0 saturated heterocycles. The second kappa shape index (κ2) is 4.60. The summed E-state index contributed by atoms with van der Waals surface area (Å²) in [6, 6.07) is 2.44. The zero-order valence-electron chi connectivity index (χ0n) is 7.98. The van der Waals surface area contributed by atoms with Gasteiger partial charge in [-0.1, -0.05) is 0 Å². The molecule has 0 aliphatic carbocycles. The minimum Gasteiger partial charge on any atom is -0.493 e. The molecule has 0 amide bonds. The number of methoxy groups -OCH3 is 1. The number of ether oxygens (including phenoxy) is 2. The molecule has 8 heteroatoms. The predicted molar refractivity (Wildman–Crippen MR) is 47.9 cm³/mol. The SMILES string of the molecule is COc1cc(S(=O)(=O)F)ccc1OC(F)F. The van der Waals surface area contributed by atoms with Crippen molar-refractivity contribution in [3.8, 4) is 11.5 Å². The average Bonchev–Trinajstić information content (AvgIpc) is 2.15. The molecule has 4 nitrogen and oxygen atoms in total. The molecular weight excluding hydrogens is 249 g/mol. The van der Waals surface area contributed by atoms with Gasteiger partial charge in [0.25, 0.3) is 0 Å². The van der Waals surface area contributed by atoms with Crippen LogP contribution in [0.4, 0.5) is 12.7 Å². The van der Waals surface area contributed by atoms with Crippen molar-refractivity contribution in [1.29, 1.82) is 0 Å². The van der Waals surface area contributed by atoms with Gasteiger partial charge in [0.2, 0.25) is 0 Å². The topological polar surface area (TPSA) is 52.6 Å². The number of alkyl halides is 2. The maximum atomic E-state index is 12.6. The fourth-order valence-corrected chi connectivity index (χ4v) is 1.47. The van der Waals surface area contributed by atoms with Gasteiger partial charge in [-0.2, -0.15) is 17.2 Å². The monoisotopic (exact) mass is 256 g/mol. The zero-order valence-corrected chi connectivity index (χ0v) is 8.80. The Balaban J connectivity index is 3.17. The van der Waals surface area contributed by atoms with Gasteiger partial charge in [-0.05, 0) is 12.1 Å². The van der Waals surface area contributed by atoms with E-state index in [0.717, 1.165) is 25.3 Å². The first-order valence-electron chi connectivity index (χ1n) is 3.92. The Labute approximate surface area is 89.8 Å². The van der Waals surface area contributed by atoms with Gasteiger partial charge >= 0.3 is 16.8 Å². The van der Waals surface area contributed by atoms with Crippen molar-refractivity contribution in [2.24, 2.45) is 0 Å². The van der Waals surface area contributed by atoms with E-state index in [-0.39, 0.29) is 11.5 Å². The molecule has 0 fully saturated rings. The molecule has 0 atom stereocenters. The van der Waals surface area contributed by atoms with Crippen LogP contribution in [-0.2, 0) is 10.2 Å². The molecule has 1 rings (SSSR count). The van der Waals surface area contributed by atoms with Crippen molar-refractivity contribution in [2.45, 2.75) is 11.5 Å². The maximum absolute atomic E-state index is 12.6. The van der Waals surface area contributed by atoms with Crippen LogP contribution in [-0.4, -0.2) is 22.1 Å². The van der Waals surface area contributed by atoms with Gasteiger partial charge in [-0.3, -0.25) is 0 Å². The smallest absolute Gasteiger partial charge is 0.387 e. The van der Waals surface area contributed by atoms with E-state index in [0.29, 0.717) is 0 Å². The quantitative estimate of drug-likeness (QED) is 0.773. The van der Waals surface area contributed by atoms with Gasteiger partial charge in [0, 0.05) is 6.07 Å². The number of hydrogen-bond donors (Lipinski definition) is 0. The van der Waals surface area contributed by atoms with E-state index in [1.54, 1.807) is 0 Å². The van der Waals surface area contributed by atoms with Crippen LogP contribution in [0.5, 0.6) is 11.5 Å². The van der Waals surface area contributed by atoms with E-state index in [4.69, 9.17) is 0 Å². The van der Waals surface area contributed by atoms with E-state index < -0.39 is 21.7 Å². The predicted octanol–water partition coefficient (Wildman–Crippen LogP) is 1.95. The minimum atomic E-state index is -4.90. The summed E-state index contributed by atoms with van der Waals surface area (Å²) < 4.78 is 66.0. The molecule has 0 aromatic heterocycles. The molecule has 0 saturated carbocycles. The van der Waals surface area contributed by atoms with Crippen LogP contribution in [0.15, 0.2) is 23.1 Å². The Hall–Kier alpha value is -1.44. The first-order chi connectivity index (χ1) is 7.34. The van der Waals surface area contributed by atoms with Gasteiger partial charge in [-0.15, -0.1) is 3.89 Å². The first kappa shape index (κ1) is 12.6. The molecule has 0 aliphatic rings. The Bertz CT molecular complexity index is 472. The summed E-state index contributed by atoms with van der Waals surface area (Å²) in [4.78, 5) is -0.689. The van der Waals surface area contributed by atoms with Gasteiger partial charge in [-0.25, -0.2) is 0 Å². The first-order valence-corrected chi connectivity index (χ1v) is 5.30. The van der Waals surface area contributed by atoms with E-state index in [9.17, 15) is 21.1 Å². The van der Waals surface area contributed by atoms with Crippen molar-refractivity contribution in [1.82, 2.24) is 0 Å². The summed E-state index contributed by atoms with van der Waals surface area (Å²) in [6.45, 7) is -3.08. The van der Waals surface area contributed by atoms with E-state index in [1.807, 2.05) is 0 Å². The maximum Gasteiger partial charge on any atom is 0.387 e. The van der Waals surface area contributed by atoms with Gasteiger partial charge in [0.05, 0.1) is 7.11 Å². The van der Waals surface area contributed by atoms with Crippen LogP contribution in [0.3, 0.4) is 0 Å². The highest BCUT2D eigenvalue weighted by Gasteiger charge is 2.17. The zero-order chi connectivity index (χ0) is 12.3. The third-order valence-electron chi connectivity index (χ3n) is 1.63. The van der Waals surface area contributed by atoms with Crippen LogP contribution in [0.25, 0.3) is 0 Å². The summed E-state index contributed by atoms with van der Waals surface area (Å²) >= 11 is 0. The third kappa shape index (κ3) is 3.02. The Kier molecular flexibility index (Phi) is 3.63. The summed E-state index contributed by atoms with van der Waals surface area (Å²) in [5.41, 5.74) is 0. The number of rotatable bonds is 4.